The summed E-state index contributed by atoms with van der Waals surface area (Å²) >= 11 is 0. The molecule has 114 valence electrons. The van der Waals surface area contributed by atoms with E-state index in [-0.39, 0.29) is 0 Å². The summed E-state index contributed by atoms with van der Waals surface area (Å²) in [6.45, 7) is 0. The molecule has 0 aliphatic rings. The van der Waals surface area contributed by atoms with Crippen LogP contribution in [0.1, 0.15) is 10.5 Å². The molecule has 1 heterocycles. The summed E-state index contributed by atoms with van der Waals surface area (Å²) in [6.07, 6.45) is 0.867. The minimum atomic E-state index is -6.09. The molecule has 0 amide bonds. The quantitative estimate of drug-likeness (QED) is 0.345. The Morgan fingerprint density at radius 2 is 1.67 bits per heavy atom. The molecule has 0 unspecified atom stereocenters. The topological polar surface area (TPSA) is 78.1 Å². The van der Waals surface area contributed by atoms with E-state index in [0.29, 0.717) is 5.69 Å². The van der Waals surface area contributed by atoms with Crippen LogP contribution in [0, 0.1) is 0 Å². The maximum absolute atomic E-state index is 10.7. The van der Waals surface area contributed by atoms with Crippen molar-refractivity contribution in [3.8, 4) is 0 Å². The summed E-state index contributed by atoms with van der Waals surface area (Å²) in [7, 11) is -4.20. The number of aromatic nitrogens is 1. The van der Waals surface area contributed by atoms with Crippen LogP contribution in [-0.4, -0.2) is 24.8 Å². The van der Waals surface area contributed by atoms with E-state index < -0.39 is 15.6 Å². The first-order valence-electron chi connectivity index (χ1n) is 5.43. The van der Waals surface area contributed by atoms with Gasteiger partial charge in [0, 0.05) is 17.5 Å². The Morgan fingerprint density at radius 1 is 1.14 bits per heavy atom. The lowest BCUT2D eigenvalue weighted by molar-refractivity contribution is -0.646. The molecule has 9 heteroatoms. The van der Waals surface area contributed by atoms with Crippen molar-refractivity contribution in [1.29, 1.82) is 0 Å². The van der Waals surface area contributed by atoms with Gasteiger partial charge in [-0.25, -0.2) is 8.42 Å². The van der Waals surface area contributed by atoms with Gasteiger partial charge < -0.3 is 4.55 Å². The number of aldehydes is 1. The first-order valence-corrected chi connectivity index (χ1v) is 6.84. The predicted octanol–water partition coefficient (Wildman–Crippen LogP) is 1.53. The first kappa shape index (κ1) is 17.1. The average Bonchev–Trinajstić information content (AvgIpc) is 2.38. The number of hydrogen-bond donors (Lipinski definition) is 0. The van der Waals surface area contributed by atoms with E-state index in [1.54, 1.807) is 0 Å². The number of fused-ring (bicyclic) bond motifs is 1. The van der Waals surface area contributed by atoms with Crippen LogP contribution in [-0.2, 0) is 17.2 Å². The fourth-order valence-corrected chi connectivity index (χ4v) is 1.48. The van der Waals surface area contributed by atoms with Crippen molar-refractivity contribution >= 4 is 27.3 Å². The summed E-state index contributed by atoms with van der Waals surface area (Å²) < 4.78 is 60.8. The zero-order chi connectivity index (χ0) is 16.3. The molecule has 0 saturated carbocycles. The third-order valence-corrected chi connectivity index (χ3v) is 3.09. The number of aryl methyl sites for hydroxylation is 1. The lowest BCUT2D eigenvalue weighted by Crippen LogP contribution is -2.34. The summed E-state index contributed by atoms with van der Waals surface area (Å²) in [5.74, 6) is 0. The third kappa shape index (κ3) is 4.23. The van der Waals surface area contributed by atoms with E-state index in [1.807, 2.05) is 48.0 Å². The molecule has 2 aromatic rings. The Balaban J connectivity index is 0.000000240. The van der Waals surface area contributed by atoms with Crippen LogP contribution < -0.4 is 4.57 Å². The van der Waals surface area contributed by atoms with Gasteiger partial charge in [-0.3, -0.25) is 4.79 Å². The van der Waals surface area contributed by atoms with Crippen LogP contribution in [0.4, 0.5) is 13.2 Å². The molecule has 0 N–H and O–H groups in total. The Bertz CT molecular complexity index is 757. The molecule has 1 aromatic heterocycles. The fourth-order valence-electron chi connectivity index (χ4n) is 1.48. The number of pyridine rings is 1. The van der Waals surface area contributed by atoms with Crippen LogP contribution in [0.15, 0.2) is 36.4 Å². The lowest BCUT2D eigenvalue weighted by atomic mass is 10.2. The van der Waals surface area contributed by atoms with Gasteiger partial charge >= 0.3 is 5.51 Å². The van der Waals surface area contributed by atoms with Gasteiger partial charge in [0.05, 0.1) is 0 Å². The number of halogens is 3. The standard InChI is InChI=1S/C11H10NO.CHF3O3S/c1-12-10(8-13)7-6-9-4-2-3-5-11(9)12;2-1(3,4)8(5,6)7/h2-8H,1H3;(H,5,6,7)/q+1;/p-1. The first-order chi connectivity index (χ1) is 9.58. The molecular formula is C12H10F3NO4S. The largest absolute Gasteiger partial charge is 0.741 e. The van der Waals surface area contributed by atoms with E-state index in [2.05, 4.69) is 0 Å². The van der Waals surface area contributed by atoms with E-state index in [4.69, 9.17) is 13.0 Å². The number of benzene rings is 1. The molecule has 0 fully saturated rings. The van der Waals surface area contributed by atoms with Crippen molar-refractivity contribution < 1.29 is 35.5 Å². The van der Waals surface area contributed by atoms with E-state index in [1.165, 1.54) is 0 Å². The van der Waals surface area contributed by atoms with Gasteiger partial charge in [0.15, 0.2) is 10.1 Å². The maximum Gasteiger partial charge on any atom is 0.485 e. The number of hydrogen-bond acceptors (Lipinski definition) is 4. The highest BCUT2D eigenvalue weighted by Gasteiger charge is 2.36. The second-order valence-electron chi connectivity index (χ2n) is 3.89. The molecule has 0 radical (unpaired) electrons. The second kappa shape index (κ2) is 6.19. The molecular weight excluding hydrogens is 311 g/mol. The number of carbonyl (C=O) groups excluding carboxylic acids is 1. The Kier molecular flexibility index (Phi) is 5.02. The number of alkyl halides is 3. The van der Waals surface area contributed by atoms with Crippen LogP contribution in [0.5, 0.6) is 0 Å². The normalized spacial score (nSPS) is 11.7. The molecule has 5 nitrogen and oxygen atoms in total. The van der Waals surface area contributed by atoms with Crippen molar-refractivity contribution in [3.05, 3.63) is 42.1 Å². The molecule has 0 bridgehead atoms. The van der Waals surface area contributed by atoms with Gasteiger partial charge in [-0.15, -0.1) is 0 Å². The Morgan fingerprint density at radius 3 is 2.14 bits per heavy atom. The van der Waals surface area contributed by atoms with Crippen molar-refractivity contribution in [1.82, 2.24) is 0 Å². The zero-order valence-electron chi connectivity index (χ0n) is 10.7. The monoisotopic (exact) mass is 321 g/mol. The summed E-state index contributed by atoms with van der Waals surface area (Å²) in [5.41, 5.74) is -3.88. The number of carbonyl (C=O) groups is 1. The van der Waals surface area contributed by atoms with Gasteiger partial charge in [0.1, 0.15) is 7.05 Å². The van der Waals surface area contributed by atoms with Gasteiger partial charge in [0.25, 0.3) is 0 Å². The molecule has 0 spiro atoms. The van der Waals surface area contributed by atoms with Crippen LogP contribution in [0.2, 0.25) is 0 Å². The fraction of sp³-hybridized carbons (Fsp3) is 0.167. The SMILES string of the molecule is C[n+]1c(C=O)ccc2ccccc21.O=S(=O)([O-])C(F)(F)F. The van der Waals surface area contributed by atoms with Crippen LogP contribution >= 0.6 is 0 Å². The van der Waals surface area contributed by atoms with Gasteiger partial charge in [0.2, 0.25) is 17.5 Å². The predicted molar refractivity (Wildman–Crippen MR) is 66.3 cm³/mol. The Labute approximate surface area is 118 Å². The third-order valence-electron chi connectivity index (χ3n) is 2.52. The maximum atomic E-state index is 10.7. The smallest absolute Gasteiger partial charge is 0.485 e. The highest BCUT2D eigenvalue weighted by molar-refractivity contribution is 7.86. The molecule has 2 rings (SSSR count). The van der Waals surface area contributed by atoms with E-state index in [9.17, 15) is 18.0 Å². The highest BCUT2D eigenvalue weighted by Crippen LogP contribution is 2.20. The number of rotatable bonds is 1. The molecule has 21 heavy (non-hydrogen) atoms. The summed E-state index contributed by atoms with van der Waals surface area (Å²) in [6, 6.07) is 11.8. The van der Waals surface area contributed by atoms with E-state index in [0.717, 1.165) is 17.2 Å². The highest BCUT2D eigenvalue weighted by atomic mass is 32.2. The van der Waals surface area contributed by atoms with Crippen molar-refractivity contribution in [2.24, 2.45) is 7.05 Å². The molecule has 1 aromatic carbocycles. The lowest BCUT2D eigenvalue weighted by Gasteiger charge is -2.08. The van der Waals surface area contributed by atoms with Crippen LogP contribution in [0.25, 0.3) is 10.9 Å². The second-order valence-corrected chi connectivity index (χ2v) is 5.26. The molecule has 0 saturated heterocycles. The molecule has 0 aliphatic carbocycles. The minimum absolute atomic E-state index is 0.693. The number of para-hydroxylation sites is 1. The van der Waals surface area contributed by atoms with Crippen LogP contribution in [0.3, 0.4) is 0 Å². The summed E-state index contributed by atoms with van der Waals surface area (Å²) in [4.78, 5) is 10.7. The minimum Gasteiger partial charge on any atom is -0.741 e. The van der Waals surface area contributed by atoms with Crippen molar-refractivity contribution in [3.63, 3.8) is 0 Å². The Hall–Kier alpha value is -2.00. The summed E-state index contributed by atoms with van der Waals surface area (Å²) in [5, 5.41) is 1.15. The molecule has 0 atom stereocenters. The van der Waals surface area contributed by atoms with Gasteiger partial charge in [-0.2, -0.15) is 17.7 Å². The van der Waals surface area contributed by atoms with Crippen molar-refractivity contribution in [2.45, 2.75) is 5.51 Å². The van der Waals surface area contributed by atoms with Gasteiger partial charge in [-0.05, 0) is 12.1 Å². The number of nitrogens with zero attached hydrogens (tertiary/aromatic N) is 1. The zero-order valence-corrected chi connectivity index (χ0v) is 11.5. The van der Waals surface area contributed by atoms with Crippen molar-refractivity contribution in [2.75, 3.05) is 0 Å². The van der Waals surface area contributed by atoms with Gasteiger partial charge in [-0.1, -0.05) is 12.1 Å². The average molecular weight is 321 g/mol. The van der Waals surface area contributed by atoms with E-state index >= 15 is 0 Å². The molecule has 0 aliphatic heterocycles.